The average Bonchev–Trinajstić information content (AvgIpc) is 2.48. The molecule has 23 heavy (non-hydrogen) atoms. The van der Waals surface area contributed by atoms with Gasteiger partial charge in [-0.3, -0.25) is 0 Å². The topological polar surface area (TPSA) is 93.1 Å². The third-order valence-electron chi connectivity index (χ3n) is 3.71. The summed E-state index contributed by atoms with van der Waals surface area (Å²) in [5.74, 6) is -3.35. The van der Waals surface area contributed by atoms with Gasteiger partial charge in [0.1, 0.15) is 5.60 Å². The second kappa shape index (κ2) is 11.0. The lowest BCUT2D eigenvalue weighted by Crippen LogP contribution is -2.25. The van der Waals surface area contributed by atoms with Crippen molar-refractivity contribution in [1.29, 1.82) is 0 Å². The van der Waals surface area contributed by atoms with E-state index >= 15 is 0 Å². The largest absolute Gasteiger partial charge is 0.478 e. The van der Waals surface area contributed by atoms with E-state index in [-0.39, 0.29) is 12.0 Å². The van der Waals surface area contributed by atoms with Crippen molar-refractivity contribution in [2.75, 3.05) is 0 Å². The summed E-state index contributed by atoms with van der Waals surface area (Å²) in [6.45, 7) is 7.46. The Balaban J connectivity index is 4.80. The van der Waals surface area contributed by atoms with Gasteiger partial charge in [0, 0.05) is 0 Å². The highest BCUT2D eigenvalue weighted by Gasteiger charge is 2.26. The van der Waals surface area contributed by atoms with Crippen molar-refractivity contribution in [3.05, 3.63) is 11.3 Å². The van der Waals surface area contributed by atoms with E-state index in [1.54, 1.807) is 13.8 Å². The molecule has 0 amide bonds. The highest BCUT2D eigenvalue weighted by atomic mass is 17.2. The normalized spacial score (nSPS) is 12.7. The Morgan fingerprint density at radius 3 is 1.96 bits per heavy atom. The maximum absolute atomic E-state index is 11.3. The van der Waals surface area contributed by atoms with Crippen molar-refractivity contribution >= 4 is 11.9 Å². The van der Waals surface area contributed by atoms with Gasteiger partial charge in [0.15, 0.2) is 0 Å². The summed E-state index contributed by atoms with van der Waals surface area (Å²) < 4.78 is 0. The van der Waals surface area contributed by atoms with Gasteiger partial charge in [0.05, 0.1) is 5.57 Å². The van der Waals surface area contributed by atoms with Crippen LogP contribution in [-0.2, 0) is 19.4 Å². The Bertz CT molecular complexity index is 411. The molecule has 0 aromatic carbocycles. The molecule has 6 heteroatoms. The molecular formula is C17H30O6. The highest BCUT2D eigenvalue weighted by molar-refractivity contribution is 5.97. The molecule has 0 saturated heterocycles. The van der Waals surface area contributed by atoms with Gasteiger partial charge in [0.25, 0.3) is 5.76 Å². The first-order valence-corrected chi connectivity index (χ1v) is 8.30. The van der Waals surface area contributed by atoms with E-state index in [0.717, 1.165) is 32.1 Å². The van der Waals surface area contributed by atoms with Crippen molar-refractivity contribution in [2.24, 2.45) is 0 Å². The Hall–Kier alpha value is -1.56. The van der Waals surface area contributed by atoms with Crippen molar-refractivity contribution in [3.8, 4) is 0 Å². The summed E-state index contributed by atoms with van der Waals surface area (Å²) >= 11 is 0. The summed E-state index contributed by atoms with van der Waals surface area (Å²) in [7, 11) is 0. The first-order valence-electron chi connectivity index (χ1n) is 8.30. The zero-order valence-electron chi connectivity index (χ0n) is 14.7. The number of rotatable bonds is 13. The fraction of sp³-hybridized carbons (Fsp3) is 0.765. The molecule has 0 unspecified atom stereocenters. The first-order chi connectivity index (χ1) is 10.7. The van der Waals surface area contributed by atoms with Gasteiger partial charge in [-0.2, -0.15) is 4.89 Å². The highest BCUT2D eigenvalue weighted by Crippen LogP contribution is 2.21. The lowest BCUT2D eigenvalue weighted by Gasteiger charge is -2.22. The molecule has 0 heterocycles. The molecule has 0 aliphatic rings. The quantitative estimate of drug-likeness (QED) is 0.172. The molecule has 134 valence electrons. The summed E-state index contributed by atoms with van der Waals surface area (Å²) in [4.78, 5) is 32.6. The number of carboxylic acids is 2. The van der Waals surface area contributed by atoms with Crippen LogP contribution in [-0.4, -0.2) is 27.8 Å². The van der Waals surface area contributed by atoms with Crippen LogP contribution < -0.4 is 0 Å². The minimum absolute atomic E-state index is 0.152. The molecule has 0 aliphatic carbocycles. The maximum atomic E-state index is 11.3. The minimum atomic E-state index is -1.43. The molecule has 6 nitrogen and oxygen atoms in total. The Morgan fingerprint density at radius 2 is 1.48 bits per heavy atom. The van der Waals surface area contributed by atoms with Gasteiger partial charge in [-0.1, -0.05) is 46.0 Å². The van der Waals surface area contributed by atoms with Crippen molar-refractivity contribution in [1.82, 2.24) is 0 Å². The van der Waals surface area contributed by atoms with Gasteiger partial charge in [-0.25, -0.2) is 9.59 Å². The number of unbranched alkanes of at least 4 members (excludes halogenated alkanes) is 5. The zero-order chi connectivity index (χ0) is 17.9. The maximum Gasteiger partial charge on any atom is 0.375 e. The summed E-state index contributed by atoms with van der Waals surface area (Å²) in [6, 6.07) is 0. The minimum Gasteiger partial charge on any atom is -0.478 e. The van der Waals surface area contributed by atoms with E-state index in [4.69, 9.17) is 9.78 Å². The summed E-state index contributed by atoms with van der Waals surface area (Å²) in [6.07, 6.45) is 6.65. The summed E-state index contributed by atoms with van der Waals surface area (Å²) in [5, 5.41) is 18.5. The average molecular weight is 330 g/mol. The lowest BCUT2D eigenvalue weighted by molar-refractivity contribution is -0.326. The van der Waals surface area contributed by atoms with Crippen LogP contribution in [0, 0.1) is 0 Å². The van der Waals surface area contributed by atoms with E-state index in [1.807, 2.05) is 6.92 Å². The van der Waals surface area contributed by atoms with Crippen molar-refractivity contribution in [3.63, 3.8) is 0 Å². The van der Waals surface area contributed by atoms with E-state index in [9.17, 15) is 19.8 Å². The Kier molecular flexibility index (Phi) is 10.3. The van der Waals surface area contributed by atoms with Crippen LogP contribution >= 0.6 is 0 Å². The molecule has 0 aromatic heterocycles. The van der Waals surface area contributed by atoms with Crippen molar-refractivity contribution < 1.29 is 29.6 Å². The second-order valence-electron chi connectivity index (χ2n) is 6.22. The molecule has 0 rings (SSSR count). The standard InChI is InChI=1S/C17H30O6/c1-5-7-8-9-10-11-12-13(15(18)19)14(16(20)21)22-23-17(3,4)6-2/h5-12H2,1-4H3,(H,18,19)(H,20,21)/b14-13-. The predicted molar refractivity (Wildman–Crippen MR) is 86.8 cm³/mol. The zero-order valence-corrected chi connectivity index (χ0v) is 14.7. The Morgan fingerprint density at radius 1 is 0.913 bits per heavy atom. The Labute approximate surface area is 138 Å². The molecule has 0 fully saturated rings. The number of carbonyl (C=O) groups is 2. The molecule has 0 atom stereocenters. The van der Waals surface area contributed by atoms with Crippen LogP contribution in [0.1, 0.15) is 79.1 Å². The molecule has 0 bridgehead atoms. The third-order valence-corrected chi connectivity index (χ3v) is 3.71. The van der Waals surface area contributed by atoms with Crippen LogP contribution in [0.25, 0.3) is 0 Å². The van der Waals surface area contributed by atoms with E-state index < -0.39 is 23.3 Å². The van der Waals surface area contributed by atoms with Gasteiger partial charge >= 0.3 is 11.9 Å². The van der Waals surface area contributed by atoms with Crippen LogP contribution in [0.15, 0.2) is 11.3 Å². The van der Waals surface area contributed by atoms with Crippen LogP contribution in [0.4, 0.5) is 0 Å². The van der Waals surface area contributed by atoms with Crippen LogP contribution in [0.5, 0.6) is 0 Å². The van der Waals surface area contributed by atoms with E-state index in [1.165, 1.54) is 0 Å². The summed E-state index contributed by atoms with van der Waals surface area (Å²) in [5.41, 5.74) is -0.940. The number of carboxylic acid groups (broad SMARTS) is 2. The number of hydrogen-bond acceptors (Lipinski definition) is 4. The molecule has 0 saturated carbocycles. The van der Waals surface area contributed by atoms with Crippen LogP contribution in [0.3, 0.4) is 0 Å². The van der Waals surface area contributed by atoms with E-state index in [2.05, 4.69) is 6.92 Å². The number of aliphatic carboxylic acids is 2. The van der Waals surface area contributed by atoms with Gasteiger partial charge in [-0.15, -0.1) is 0 Å². The first kappa shape index (κ1) is 21.4. The SMILES string of the molecule is CCCCCCCC/C(C(=O)O)=C(/OOC(C)(C)CC)C(=O)O. The second-order valence-corrected chi connectivity index (χ2v) is 6.22. The van der Waals surface area contributed by atoms with Crippen LogP contribution in [0.2, 0.25) is 0 Å². The number of hydrogen-bond donors (Lipinski definition) is 2. The van der Waals surface area contributed by atoms with Gasteiger partial charge < -0.3 is 15.1 Å². The monoisotopic (exact) mass is 330 g/mol. The fourth-order valence-electron chi connectivity index (χ4n) is 1.83. The van der Waals surface area contributed by atoms with E-state index in [0.29, 0.717) is 12.8 Å². The lowest BCUT2D eigenvalue weighted by atomic mass is 10.0. The fourth-order valence-corrected chi connectivity index (χ4v) is 1.83. The van der Waals surface area contributed by atoms with Crippen molar-refractivity contribution in [2.45, 2.75) is 84.7 Å². The molecule has 2 N–H and O–H groups in total. The smallest absolute Gasteiger partial charge is 0.375 e. The van der Waals surface area contributed by atoms with Gasteiger partial charge in [0.2, 0.25) is 0 Å². The molecule has 0 radical (unpaired) electrons. The predicted octanol–water partition coefficient (Wildman–Crippen LogP) is 4.30. The van der Waals surface area contributed by atoms with Gasteiger partial charge in [-0.05, 0) is 33.1 Å². The molecular weight excluding hydrogens is 300 g/mol. The third kappa shape index (κ3) is 9.23. The molecule has 0 spiro atoms. The molecule has 0 aromatic rings. The molecule has 0 aliphatic heterocycles.